The summed E-state index contributed by atoms with van der Waals surface area (Å²) in [5.74, 6) is 1.34. The normalized spacial score (nSPS) is 10.5. The van der Waals surface area contributed by atoms with E-state index in [2.05, 4.69) is 26.2 Å². The highest BCUT2D eigenvalue weighted by molar-refractivity contribution is 9.10. The first kappa shape index (κ1) is 19.4. The molecule has 0 fully saturated rings. The van der Waals surface area contributed by atoms with Gasteiger partial charge >= 0.3 is 0 Å². The van der Waals surface area contributed by atoms with Gasteiger partial charge in [0.05, 0.1) is 26.3 Å². The first-order valence-corrected chi connectivity index (χ1v) is 9.94. The third kappa shape index (κ3) is 5.08. The lowest BCUT2D eigenvalue weighted by atomic mass is 10.2. The molecule has 5 nitrogen and oxygen atoms in total. The van der Waals surface area contributed by atoms with Crippen LogP contribution in [0.3, 0.4) is 0 Å². The number of rotatable bonds is 7. The number of nitrogens with zero attached hydrogens (tertiary/aromatic N) is 1. The van der Waals surface area contributed by atoms with Gasteiger partial charge < -0.3 is 14.8 Å². The second-order valence-corrected chi connectivity index (χ2v) is 7.56. The fourth-order valence-electron chi connectivity index (χ4n) is 2.58. The van der Waals surface area contributed by atoms with Gasteiger partial charge in [0.25, 0.3) is 0 Å². The van der Waals surface area contributed by atoms with E-state index in [0.717, 1.165) is 32.1 Å². The fourth-order valence-corrected chi connectivity index (χ4v) is 3.80. The van der Waals surface area contributed by atoms with Gasteiger partial charge in [-0.2, -0.15) is 0 Å². The smallest absolute Gasteiger partial charge is 0.226 e. The minimum absolute atomic E-state index is 0.0917. The number of hydrogen-bond donors (Lipinski definition) is 1. The zero-order valence-corrected chi connectivity index (χ0v) is 17.4. The second-order valence-electron chi connectivity index (χ2n) is 5.79. The van der Waals surface area contributed by atoms with Crippen molar-refractivity contribution in [1.29, 1.82) is 0 Å². The van der Waals surface area contributed by atoms with E-state index in [1.165, 1.54) is 11.3 Å². The number of hydrogen-bond acceptors (Lipinski definition) is 5. The number of ether oxygens (including phenoxy) is 2. The summed E-state index contributed by atoms with van der Waals surface area (Å²) in [5, 5.41) is 5.73. The van der Waals surface area contributed by atoms with Gasteiger partial charge in [-0.3, -0.25) is 4.79 Å². The van der Waals surface area contributed by atoms with E-state index in [1.54, 1.807) is 14.2 Å². The van der Waals surface area contributed by atoms with Gasteiger partial charge in [-0.05, 0) is 30.3 Å². The Bertz CT molecular complexity index is 942. The lowest BCUT2D eigenvalue weighted by Crippen LogP contribution is -2.25. The number of aromatic nitrogens is 1. The van der Waals surface area contributed by atoms with Gasteiger partial charge in [0.1, 0.15) is 16.5 Å². The molecule has 0 bridgehead atoms. The van der Waals surface area contributed by atoms with E-state index in [-0.39, 0.29) is 12.3 Å². The number of carbonyl (C=O) groups excluding carboxylic acids is 1. The summed E-state index contributed by atoms with van der Waals surface area (Å²) in [4.78, 5) is 16.9. The van der Waals surface area contributed by atoms with E-state index in [1.807, 2.05) is 47.8 Å². The molecule has 0 spiro atoms. The summed E-state index contributed by atoms with van der Waals surface area (Å²) >= 11 is 5.00. The molecule has 0 aliphatic heterocycles. The van der Waals surface area contributed by atoms with Crippen LogP contribution in [0.5, 0.6) is 11.5 Å². The summed E-state index contributed by atoms with van der Waals surface area (Å²) in [6, 6.07) is 13.5. The Morgan fingerprint density at radius 3 is 2.78 bits per heavy atom. The monoisotopic (exact) mass is 446 g/mol. The molecule has 0 unspecified atom stereocenters. The molecular formula is C20H19BrN2O3S. The van der Waals surface area contributed by atoms with Crippen LogP contribution < -0.4 is 14.8 Å². The number of methoxy groups -OCH3 is 2. The van der Waals surface area contributed by atoms with Crippen molar-refractivity contribution in [3.8, 4) is 22.1 Å². The Labute approximate surface area is 170 Å². The second kappa shape index (κ2) is 9.01. The van der Waals surface area contributed by atoms with E-state index in [0.29, 0.717) is 12.3 Å². The number of amides is 1. The van der Waals surface area contributed by atoms with Crippen molar-refractivity contribution in [2.24, 2.45) is 0 Å². The number of thiazole rings is 1. The SMILES string of the molecule is COc1ccc(OC)c(CNC(=O)Cc2csc(-c3cccc(Br)c3)n2)c1. The van der Waals surface area contributed by atoms with E-state index >= 15 is 0 Å². The van der Waals surface area contributed by atoms with Crippen molar-refractivity contribution >= 4 is 33.2 Å². The minimum Gasteiger partial charge on any atom is -0.497 e. The molecule has 0 atom stereocenters. The highest BCUT2D eigenvalue weighted by Crippen LogP contribution is 2.26. The standard InChI is InChI=1S/C20H19BrN2O3S/c1-25-17-6-7-18(26-2)14(9-17)11-22-19(24)10-16-12-27-20(23-16)13-4-3-5-15(21)8-13/h3-9,12H,10-11H2,1-2H3,(H,22,24). The van der Waals surface area contributed by atoms with E-state index in [9.17, 15) is 4.79 Å². The van der Waals surface area contributed by atoms with Crippen LogP contribution in [0.2, 0.25) is 0 Å². The van der Waals surface area contributed by atoms with Gasteiger partial charge in [-0.25, -0.2) is 4.98 Å². The number of benzene rings is 2. The molecule has 140 valence electrons. The predicted octanol–water partition coefficient (Wildman–Crippen LogP) is 4.45. The van der Waals surface area contributed by atoms with Crippen LogP contribution in [-0.4, -0.2) is 25.1 Å². The van der Waals surface area contributed by atoms with Crippen molar-refractivity contribution in [2.75, 3.05) is 14.2 Å². The van der Waals surface area contributed by atoms with E-state index in [4.69, 9.17) is 9.47 Å². The molecule has 0 radical (unpaired) electrons. The van der Waals surface area contributed by atoms with Gasteiger partial charge in [0.2, 0.25) is 5.91 Å². The molecule has 1 amide bonds. The van der Waals surface area contributed by atoms with E-state index < -0.39 is 0 Å². The lowest BCUT2D eigenvalue weighted by Gasteiger charge is -2.11. The van der Waals surface area contributed by atoms with Gasteiger partial charge in [0, 0.05) is 27.5 Å². The van der Waals surface area contributed by atoms with Gasteiger partial charge in [-0.1, -0.05) is 28.1 Å². The molecule has 3 aromatic rings. The summed E-state index contributed by atoms with van der Waals surface area (Å²) in [6.07, 6.45) is 0.233. The van der Waals surface area contributed by atoms with Crippen molar-refractivity contribution in [2.45, 2.75) is 13.0 Å². The molecule has 0 aliphatic carbocycles. The van der Waals surface area contributed by atoms with Crippen LogP contribution in [0.25, 0.3) is 10.6 Å². The first-order chi connectivity index (χ1) is 13.1. The van der Waals surface area contributed by atoms with Crippen molar-refractivity contribution in [3.63, 3.8) is 0 Å². The van der Waals surface area contributed by atoms with Crippen molar-refractivity contribution in [3.05, 3.63) is 63.6 Å². The Balaban J connectivity index is 1.62. The summed E-state index contributed by atoms with van der Waals surface area (Å²) in [6.45, 7) is 0.363. The fraction of sp³-hybridized carbons (Fsp3) is 0.200. The minimum atomic E-state index is -0.0917. The quantitative estimate of drug-likeness (QED) is 0.582. The van der Waals surface area contributed by atoms with Gasteiger partial charge in [0.15, 0.2) is 0 Å². The molecule has 0 aliphatic rings. The van der Waals surface area contributed by atoms with Gasteiger partial charge in [-0.15, -0.1) is 11.3 Å². The summed E-state index contributed by atoms with van der Waals surface area (Å²) in [5.41, 5.74) is 2.64. The maximum Gasteiger partial charge on any atom is 0.226 e. The van der Waals surface area contributed by atoms with Crippen LogP contribution in [0.4, 0.5) is 0 Å². The molecule has 0 saturated carbocycles. The topological polar surface area (TPSA) is 60.5 Å². The van der Waals surface area contributed by atoms with Crippen molar-refractivity contribution in [1.82, 2.24) is 10.3 Å². The molecule has 1 heterocycles. The third-order valence-corrected chi connectivity index (χ3v) is 5.36. The molecule has 1 aromatic heterocycles. The zero-order valence-electron chi connectivity index (χ0n) is 15.0. The van der Waals surface area contributed by atoms with Crippen LogP contribution in [0.1, 0.15) is 11.3 Å². The maximum absolute atomic E-state index is 12.3. The number of nitrogens with one attached hydrogen (secondary N) is 1. The molecule has 27 heavy (non-hydrogen) atoms. The van der Waals surface area contributed by atoms with Crippen LogP contribution in [0, 0.1) is 0 Å². The number of carbonyl (C=O) groups is 1. The lowest BCUT2D eigenvalue weighted by molar-refractivity contribution is -0.120. The Hall–Kier alpha value is -2.38. The largest absolute Gasteiger partial charge is 0.497 e. The molecule has 7 heteroatoms. The molecular weight excluding hydrogens is 428 g/mol. The van der Waals surface area contributed by atoms with Crippen molar-refractivity contribution < 1.29 is 14.3 Å². The first-order valence-electron chi connectivity index (χ1n) is 8.27. The Morgan fingerprint density at radius 2 is 2.04 bits per heavy atom. The summed E-state index contributed by atoms with van der Waals surface area (Å²) < 4.78 is 11.6. The average molecular weight is 447 g/mol. The molecule has 0 saturated heterocycles. The molecule has 2 aromatic carbocycles. The predicted molar refractivity (Wildman–Crippen MR) is 110 cm³/mol. The molecule has 3 rings (SSSR count). The maximum atomic E-state index is 12.3. The Morgan fingerprint density at radius 1 is 1.19 bits per heavy atom. The third-order valence-electron chi connectivity index (χ3n) is 3.93. The van der Waals surface area contributed by atoms with Crippen LogP contribution in [0.15, 0.2) is 52.3 Å². The zero-order chi connectivity index (χ0) is 19.2. The summed E-state index contributed by atoms with van der Waals surface area (Å²) in [7, 11) is 3.21. The number of halogens is 1. The highest BCUT2D eigenvalue weighted by Gasteiger charge is 2.11. The Kier molecular flexibility index (Phi) is 6.47. The average Bonchev–Trinajstić information content (AvgIpc) is 3.14. The highest BCUT2D eigenvalue weighted by atomic mass is 79.9. The van der Waals surface area contributed by atoms with Crippen LogP contribution >= 0.6 is 27.3 Å². The van der Waals surface area contributed by atoms with Crippen LogP contribution in [-0.2, 0) is 17.8 Å². The molecule has 1 N–H and O–H groups in total.